The third-order valence-electron chi connectivity index (χ3n) is 9.56. The van der Waals surface area contributed by atoms with Gasteiger partial charge in [0, 0.05) is 29.3 Å². The van der Waals surface area contributed by atoms with Crippen LogP contribution in [0.5, 0.6) is 17.4 Å². The van der Waals surface area contributed by atoms with Crippen molar-refractivity contribution in [3.63, 3.8) is 0 Å². The Morgan fingerprint density at radius 3 is 2.40 bits per heavy atom. The van der Waals surface area contributed by atoms with Crippen LogP contribution in [0.1, 0.15) is 67.2 Å². The van der Waals surface area contributed by atoms with E-state index in [2.05, 4.69) is 26.9 Å². The minimum absolute atomic E-state index is 0.000318. The highest BCUT2D eigenvalue weighted by molar-refractivity contribution is 7.91. The number of sulfonamides is 1. The molecule has 3 N–H and O–H groups in total. The minimum Gasteiger partial charge on any atom is -0.486 e. The number of ether oxygens (including phenoxy) is 4. The van der Waals surface area contributed by atoms with E-state index in [0.29, 0.717) is 42.9 Å². The molecule has 1 aromatic carbocycles. The first-order valence-electron chi connectivity index (χ1n) is 17.5. The number of likely N-dealkylation sites (tertiary alicyclic amines) is 1. The summed E-state index contributed by atoms with van der Waals surface area (Å²) in [5.41, 5.74) is -3.22. The van der Waals surface area contributed by atoms with Gasteiger partial charge < -0.3 is 34.5 Å². The number of nitrogens with one attached hydrogen (secondary N) is 3. The molecular weight excluding hydrogens is 694 g/mol. The van der Waals surface area contributed by atoms with E-state index in [4.69, 9.17) is 18.9 Å². The first-order valence-corrected chi connectivity index (χ1v) is 19.0. The average molecular weight is 742 g/mol. The van der Waals surface area contributed by atoms with Crippen molar-refractivity contribution in [2.24, 2.45) is 11.3 Å². The second-order valence-electron chi connectivity index (χ2n) is 15.9. The van der Waals surface area contributed by atoms with Gasteiger partial charge in [-0.3, -0.25) is 19.1 Å². The molecule has 15 nitrogen and oxygen atoms in total. The van der Waals surface area contributed by atoms with E-state index in [-0.39, 0.29) is 25.3 Å². The molecular formula is C36H47N5O10S. The lowest BCUT2D eigenvalue weighted by Crippen LogP contribution is -2.60. The number of fused-ring (bicyclic) bond motifs is 3. The summed E-state index contributed by atoms with van der Waals surface area (Å²) >= 11 is 0. The van der Waals surface area contributed by atoms with Crippen molar-refractivity contribution in [1.29, 1.82) is 0 Å². The van der Waals surface area contributed by atoms with E-state index in [1.807, 2.05) is 0 Å². The highest BCUT2D eigenvalue weighted by Crippen LogP contribution is 2.46. The van der Waals surface area contributed by atoms with Crippen LogP contribution in [0.3, 0.4) is 0 Å². The predicted octanol–water partition coefficient (Wildman–Crippen LogP) is 2.96. The topological polar surface area (TPSA) is 192 Å². The van der Waals surface area contributed by atoms with Crippen molar-refractivity contribution in [2.75, 3.05) is 19.8 Å². The van der Waals surface area contributed by atoms with Crippen LogP contribution >= 0.6 is 0 Å². The van der Waals surface area contributed by atoms with Gasteiger partial charge in [0.05, 0.1) is 11.8 Å². The van der Waals surface area contributed by atoms with Crippen molar-refractivity contribution < 1.29 is 46.5 Å². The van der Waals surface area contributed by atoms with Gasteiger partial charge in [0.2, 0.25) is 27.7 Å². The molecule has 1 saturated heterocycles. The summed E-state index contributed by atoms with van der Waals surface area (Å²) in [4.78, 5) is 61.0. The maximum absolute atomic E-state index is 14.5. The van der Waals surface area contributed by atoms with Crippen molar-refractivity contribution in [3.05, 3.63) is 37.1 Å². The fourth-order valence-corrected chi connectivity index (χ4v) is 7.99. The summed E-state index contributed by atoms with van der Waals surface area (Å²) in [6.07, 6.45) is 2.55. The molecule has 4 aliphatic rings. The van der Waals surface area contributed by atoms with E-state index in [9.17, 15) is 27.6 Å². The number of amides is 4. The summed E-state index contributed by atoms with van der Waals surface area (Å²) in [5.74, 6) is -1.23. The number of hydrogen-bond acceptors (Lipinski definition) is 11. The van der Waals surface area contributed by atoms with E-state index in [1.165, 1.54) is 11.0 Å². The molecule has 1 aromatic heterocycles. The number of nitrogens with zero attached hydrogens (tertiary/aromatic N) is 2. The smallest absolute Gasteiger partial charge is 0.408 e. The van der Waals surface area contributed by atoms with E-state index in [0.717, 1.165) is 5.39 Å². The Hall–Kier alpha value is -4.60. The SMILES string of the molecule is C=C[C@@H]1C[C@]1(NC(=O)[C@@H]1C[C@@H](Oc2nccc3c4c(ccc23)OCCO4)CN1C(=O)[C@@H](NC(=O)OC(C)(C)C)C(C)(C)C)C(=O)NS(=O)(=O)C1CC1. The zero-order chi connectivity index (χ0) is 37.8. The van der Waals surface area contributed by atoms with Gasteiger partial charge in [-0.15, -0.1) is 6.58 Å². The quantitative estimate of drug-likeness (QED) is 0.304. The van der Waals surface area contributed by atoms with Crippen molar-refractivity contribution in [1.82, 2.24) is 25.2 Å². The lowest BCUT2D eigenvalue weighted by Gasteiger charge is -2.36. The Morgan fingerprint density at radius 1 is 1.06 bits per heavy atom. The first-order chi connectivity index (χ1) is 24.3. The second-order valence-corrected chi connectivity index (χ2v) is 17.9. The number of benzene rings is 1. The Balaban J connectivity index is 1.30. The maximum Gasteiger partial charge on any atom is 0.408 e. The number of rotatable bonds is 10. The monoisotopic (exact) mass is 741 g/mol. The van der Waals surface area contributed by atoms with E-state index in [1.54, 1.807) is 65.9 Å². The molecule has 4 amide bonds. The molecule has 0 spiro atoms. The fourth-order valence-electron chi connectivity index (χ4n) is 6.62. The molecule has 3 heterocycles. The van der Waals surface area contributed by atoms with Gasteiger partial charge in [0.25, 0.3) is 5.91 Å². The molecule has 2 saturated carbocycles. The maximum atomic E-state index is 14.5. The number of carbonyl (C=O) groups is 4. The van der Waals surface area contributed by atoms with Gasteiger partial charge in [0.1, 0.15) is 42.5 Å². The molecule has 3 fully saturated rings. The molecule has 52 heavy (non-hydrogen) atoms. The molecule has 2 aromatic rings. The zero-order valence-electron chi connectivity index (χ0n) is 30.3. The van der Waals surface area contributed by atoms with Crippen LogP contribution in [0, 0.1) is 11.3 Å². The number of hydrogen-bond donors (Lipinski definition) is 3. The van der Waals surface area contributed by atoms with Crippen molar-refractivity contribution in [2.45, 2.75) is 102 Å². The van der Waals surface area contributed by atoms with Crippen LogP contribution in [-0.4, -0.2) is 96.5 Å². The Kier molecular flexibility index (Phi) is 9.60. The predicted molar refractivity (Wildman–Crippen MR) is 189 cm³/mol. The van der Waals surface area contributed by atoms with Crippen LogP contribution < -0.4 is 29.6 Å². The average Bonchev–Trinajstić information content (AvgIpc) is 3.99. The van der Waals surface area contributed by atoms with Gasteiger partial charge >= 0.3 is 6.09 Å². The minimum atomic E-state index is -3.91. The Morgan fingerprint density at radius 2 is 1.77 bits per heavy atom. The number of carbonyl (C=O) groups excluding carboxylic acids is 4. The molecule has 2 aliphatic carbocycles. The van der Waals surface area contributed by atoms with Crippen LogP contribution in [0.15, 0.2) is 37.1 Å². The van der Waals surface area contributed by atoms with Crippen LogP contribution in [0.4, 0.5) is 4.79 Å². The molecule has 2 aliphatic heterocycles. The molecule has 0 radical (unpaired) electrons. The van der Waals surface area contributed by atoms with Gasteiger partial charge in [-0.25, -0.2) is 18.2 Å². The molecule has 0 bridgehead atoms. The Labute approximate surface area is 303 Å². The van der Waals surface area contributed by atoms with Gasteiger partial charge in [0.15, 0.2) is 11.5 Å². The third-order valence-corrected chi connectivity index (χ3v) is 11.4. The highest BCUT2D eigenvalue weighted by atomic mass is 32.2. The summed E-state index contributed by atoms with van der Waals surface area (Å²) in [5, 5.41) is 6.18. The van der Waals surface area contributed by atoms with E-state index >= 15 is 0 Å². The van der Waals surface area contributed by atoms with Crippen molar-refractivity contribution >= 4 is 44.6 Å². The van der Waals surface area contributed by atoms with Gasteiger partial charge in [-0.1, -0.05) is 26.8 Å². The van der Waals surface area contributed by atoms with Crippen LogP contribution in [0.25, 0.3) is 10.8 Å². The summed E-state index contributed by atoms with van der Waals surface area (Å²) < 4.78 is 51.0. The lowest BCUT2D eigenvalue weighted by molar-refractivity contribution is -0.143. The van der Waals surface area contributed by atoms with Crippen LogP contribution in [0.2, 0.25) is 0 Å². The fraction of sp³-hybridized carbons (Fsp3) is 0.583. The lowest BCUT2D eigenvalue weighted by atomic mass is 9.85. The zero-order valence-corrected chi connectivity index (χ0v) is 31.1. The van der Waals surface area contributed by atoms with E-state index < -0.39 is 79.7 Å². The van der Waals surface area contributed by atoms with Crippen molar-refractivity contribution in [3.8, 4) is 17.4 Å². The molecule has 0 unspecified atom stereocenters. The summed E-state index contributed by atoms with van der Waals surface area (Å²) in [6.45, 7) is 14.9. The molecule has 5 atom stereocenters. The third kappa shape index (κ3) is 7.62. The summed E-state index contributed by atoms with van der Waals surface area (Å²) in [7, 11) is -3.91. The summed E-state index contributed by atoms with van der Waals surface area (Å²) in [6, 6.07) is 3.05. The largest absolute Gasteiger partial charge is 0.486 e. The number of aromatic nitrogens is 1. The Bertz CT molecular complexity index is 1900. The van der Waals surface area contributed by atoms with Gasteiger partial charge in [-0.2, -0.15) is 0 Å². The van der Waals surface area contributed by atoms with Gasteiger partial charge in [-0.05, 0) is 63.6 Å². The molecule has 282 valence electrons. The number of pyridine rings is 1. The standard InChI is InChI=1S/C36H47N5O10S/c1-8-20-18-36(20,32(44)40-52(46,47)22-9-10-22)39-29(42)25-17-21(19-41(25)31(43)28(34(2,3)4)38-33(45)51-35(5,6)7)50-30-24-11-12-26-27(49-16-15-48-26)23(24)13-14-37-30/h8,11-14,20-22,25,28H,1,9-10,15-19H2,2-7H3,(H,38,45)(H,39,42)(H,40,44)/t20-,21-,25+,28-,36-/m1/s1. The first kappa shape index (κ1) is 37.2. The molecule has 16 heteroatoms. The number of alkyl carbamates (subject to hydrolysis) is 1. The van der Waals surface area contributed by atoms with Crippen LogP contribution in [-0.2, 0) is 29.1 Å². The highest BCUT2D eigenvalue weighted by Gasteiger charge is 2.62. The molecule has 6 rings (SSSR count). The second kappa shape index (κ2) is 13.4. The normalized spacial score (nSPS) is 24.7.